The van der Waals surface area contributed by atoms with E-state index in [-0.39, 0.29) is 5.75 Å². The lowest BCUT2D eigenvalue weighted by atomic mass is 10.0. The lowest BCUT2D eigenvalue weighted by Gasteiger charge is -2.13. The zero-order chi connectivity index (χ0) is 14.5. The molecule has 0 saturated heterocycles. The summed E-state index contributed by atoms with van der Waals surface area (Å²) in [4.78, 5) is 0. The van der Waals surface area contributed by atoms with Gasteiger partial charge in [-0.3, -0.25) is 0 Å². The molecular weight excluding hydrogens is 257 g/mol. The van der Waals surface area contributed by atoms with Gasteiger partial charge in [0, 0.05) is 0 Å². The summed E-state index contributed by atoms with van der Waals surface area (Å²) in [5.74, 6) is 0.306. The van der Waals surface area contributed by atoms with Crippen LogP contribution < -0.4 is 4.74 Å². The topological polar surface area (TPSA) is 29.5 Å². The monoisotopic (exact) mass is 276 g/mol. The lowest BCUT2D eigenvalue weighted by molar-refractivity contribution is -0.274. The number of hydrogen-bond acceptors (Lipinski definition) is 2. The second-order valence-corrected chi connectivity index (χ2v) is 4.96. The summed E-state index contributed by atoms with van der Waals surface area (Å²) in [6.07, 6.45) is -2.81. The second kappa shape index (κ2) is 6.80. The van der Waals surface area contributed by atoms with Crippen LogP contribution in [0.5, 0.6) is 5.75 Å². The molecule has 0 aliphatic carbocycles. The van der Waals surface area contributed by atoms with E-state index in [0.717, 1.165) is 12.8 Å². The van der Waals surface area contributed by atoms with E-state index in [1.165, 1.54) is 24.3 Å². The minimum absolute atomic E-state index is 0.273. The summed E-state index contributed by atoms with van der Waals surface area (Å²) in [5, 5.41) is 9.89. The van der Waals surface area contributed by atoms with Crippen molar-refractivity contribution < 1.29 is 23.0 Å². The minimum Gasteiger partial charge on any atom is -0.406 e. The Balaban J connectivity index is 2.51. The molecule has 0 amide bonds. The number of aliphatic hydroxyl groups is 1. The maximum Gasteiger partial charge on any atom is 0.573 e. The molecule has 1 aromatic rings. The summed E-state index contributed by atoms with van der Waals surface area (Å²) in [6.45, 7) is 4.21. The van der Waals surface area contributed by atoms with E-state index in [9.17, 15) is 18.3 Å². The average Bonchev–Trinajstić information content (AvgIpc) is 2.27. The van der Waals surface area contributed by atoms with Crippen LogP contribution in [0.4, 0.5) is 13.2 Å². The van der Waals surface area contributed by atoms with E-state index < -0.39 is 12.5 Å². The number of hydrogen-bond donors (Lipinski definition) is 1. The highest BCUT2D eigenvalue weighted by molar-refractivity contribution is 5.28. The molecule has 0 spiro atoms. The Morgan fingerprint density at radius 1 is 1.11 bits per heavy atom. The third-order valence-corrected chi connectivity index (χ3v) is 2.76. The number of aliphatic hydroxyl groups excluding tert-OH is 1. The second-order valence-electron chi connectivity index (χ2n) is 4.96. The van der Waals surface area contributed by atoms with Crippen LogP contribution in [-0.4, -0.2) is 11.5 Å². The standard InChI is InChI=1S/C14H19F3O2/c1-10(2)4-3-5-13(18)11-6-8-12(9-7-11)19-14(15,16)17/h6-10,13,18H,3-5H2,1-2H3. The van der Waals surface area contributed by atoms with Crippen molar-refractivity contribution in [2.45, 2.75) is 45.6 Å². The molecule has 0 aliphatic rings. The van der Waals surface area contributed by atoms with Gasteiger partial charge >= 0.3 is 6.36 Å². The molecule has 0 heterocycles. The molecule has 2 nitrogen and oxygen atoms in total. The van der Waals surface area contributed by atoms with Crippen LogP contribution in [-0.2, 0) is 0 Å². The van der Waals surface area contributed by atoms with E-state index in [0.29, 0.717) is 17.9 Å². The largest absolute Gasteiger partial charge is 0.573 e. The first kappa shape index (κ1) is 15.8. The van der Waals surface area contributed by atoms with E-state index in [2.05, 4.69) is 18.6 Å². The molecule has 0 saturated carbocycles. The smallest absolute Gasteiger partial charge is 0.406 e. The molecule has 108 valence electrons. The summed E-state index contributed by atoms with van der Waals surface area (Å²) < 4.78 is 39.7. The number of rotatable bonds is 6. The van der Waals surface area contributed by atoms with Crippen molar-refractivity contribution in [3.63, 3.8) is 0 Å². The molecule has 0 fully saturated rings. The molecule has 1 aromatic carbocycles. The zero-order valence-corrected chi connectivity index (χ0v) is 11.1. The first-order chi connectivity index (χ1) is 8.78. The van der Waals surface area contributed by atoms with Crippen molar-refractivity contribution in [1.29, 1.82) is 0 Å². The molecule has 5 heteroatoms. The number of alkyl halides is 3. The molecule has 1 atom stereocenters. The van der Waals surface area contributed by atoms with Crippen LogP contribution in [0.1, 0.15) is 44.8 Å². The summed E-state index contributed by atoms with van der Waals surface area (Å²) in [6, 6.07) is 5.35. The predicted molar refractivity (Wildman–Crippen MR) is 66.8 cm³/mol. The van der Waals surface area contributed by atoms with Crippen LogP contribution in [0.2, 0.25) is 0 Å². The van der Waals surface area contributed by atoms with Gasteiger partial charge in [0.25, 0.3) is 0 Å². The molecular formula is C14H19F3O2. The average molecular weight is 276 g/mol. The fourth-order valence-corrected chi connectivity index (χ4v) is 1.78. The van der Waals surface area contributed by atoms with Crippen molar-refractivity contribution in [1.82, 2.24) is 0 Å². The SMILES string of the molecule is CC(C)CCCC(O)c1ccc(OC(F)(F)F)cc1. The molecule has 0 bridgehead atoms. The van der Waals surface area contributed by atoms with Crippen molar-refractivity contribution in [2.75, 3.05) is 0 Å². The van der Waals surface area contributed by atoms with Gasteiger partial charge in [0.1, 0.15) is 5.75 Å². The third-order valence-electron chi connectivity index (χ3n) is 2.76. The molecule has 0 radical (unpaired) electrons. The molecule has 1 N–H and O–H groups in total. The first-order valence-corrected chi connectivity index (χ1v) is 6.31. The minimum atomic E-state index is -4.68. The highest BCUT2D eigenvalue weighted by atomic mass is 19.4. The maximum atomic E-state index is 12.0. The lowest BCUT2D eigenvalue weighted by Crippen LogP contribution is -2.17. The predicted octanol–water partition coefficient (Wildman–Crippen LogP) is 4.44. The van der Waals surface area contributed by atoms with E-state index in [1.807, 2.05) is 0 Å². The van der Waals surface area contributed by atoms with Gasteiger partial charge in [-0.15, -0.1) is 13.2 Å². The van der Waals surface area contributed by atoms with Gasteiger partial charge in [0.15, 0.2) is 0 Å². The van der Waals surface area contributed by atoms with Gasteiger partial charge in [0.2, 0.25) is 0 Å². The van der Waals surface area contributed by atoms with Gasteiger partial charge < -0.3 is 9.84 Å². The van der Waals surface area contributed by atoms with Crippen molar-refractivity contribution in [3.8, 4) is 5.75 Å². The van der Waals surface area contributed by atoms with Crippen LogP contribution in [0, 0.1) is 5.92 Å². The highest BCUT2D eigenvalue weighted by Crippen LogP contribution is 2.26. The van der Waals surface area contributed by atoms with Crippen molar-refractivity contribution >= 4 is 0 Å². The Morgan fingerprint density at radius 3 is 2.16 bits per heavy atom. The molecule has 0 aromatic heterocycles. The first-order valence-electron chi connectivity index (χ1n) is 6.31. The Kier molecular flexibility index (Phi) is 5.66. The quantitative estimate of drug-likeness (QED) is 0.832. The molecule has 0 aliphatic heterocycles. The number of halogens is 3. The Morgan fingerprint density at radius 2 is 1.68 bits per heavy atom. The van der Waals surface area contributed by atoms with Crippen LogP contribution in [0.3, 0.4) is 0 Å². The third kappa shape index (κ3) is 6.47. The Hall–Kier alpha value is -1.23. The van der Waals surface area contributed by atoms with Crippen molar-refractivity contribution in [3.05, 3.63) is 29.8 Å². The normalized spacial score (nSPS) is 13.6. The zero-order valence-electron chi connectivity index (χ0n) is 11.1. The van der Waals surface area contributed by atoms with E-state index >= 15 is 0 Å². The van der Waals surface area contributed by atoms with E-state index in [1.54, 1.807) is 0 Å². The number of ether oxygens (including phenoxy) is 1. The fraction of sp³-hybridized carbons (Fsp3) is 0.571. The molecule has 1 unspecified atom stereocenters. The summed E-state index contributed by atoms with van der Waals surface area (Å²) in [7, 11) is 0. The van der Waals surface area contributed by atoms with Gasteiger partial charge in [0.05, 0.1) is 6.10 Å². The number of benzene rings is 1. The summed E-state index contributed by atoms with van der Waals surface area (Å²) in [5.41, 5.74) is 0.610. The van der Waals surface area contributed by atoms with Gasteiger partial charge in [-0.1, -0.05) is 38.8 Å². The Bertz CT molecular complexity index is 371. The summed E-state index contributed by atoms with van der Waals surface area (Å²) >= 11 is 0. The maximum absolute atomic E-state index is 12.0. The fourth-order valence-electron chi connectivity index (χ4n) is 1.78. The molecule has 1 rings (SSSR count). The van der Waals surface area contributed by atoms with Gasteiger partial charge in [-0.05, 0) is 30.0 Å². The van der Waals surface area contributed by atoms with Gasteiger partial charge in [-0.25, -0.2) is 0 Å². The highest BCUT2D eigenvalue weighted by Gasteiger charge is 2.31. The van der Waals surface area contributed by atoms with Crippen molar-refractivity contribution in [2.24, 2.45) is 5.92 Å². The van der Waals surface area contributed by atoms with Gasteiger partial charge in [-0.2, -0.15) is 0 Å². The van der Waals surface area contributed by atoms with E-state index in [4.69, 9.17) is 0 Å². The van der Waals surface area contributed by atoms with Crippen LogP contribution in [0.15, 0.2) is 24.3 Å². The van der Waals surface area contributed by atoms with Crippen LogP contribution >= 0.6 is 0 Å². The molecule has 19 heavy (non-hydrogen) atoms. The Labute approximate surface area is 111 Å². The van der Waals surface area contributed by atoms with Crippen LogP contribution in [0.25, 0.3) is 0 Å².